The van der Waals surface area contributed by atoms with Crippen LogP contribution in [0.2, 0.25) is 0 Å². The molecule has 2 aromatic rings. The molecule has 0 aliphatic carbocycles. The summed E-state index contributed by atoms with van der Waals surface area (Å²) in [5.74, 6) is -2.80. The quantitative estimate of drug-likeness (QED) is 0.0511. The van der Waals surface area contributed by atoms with E-state index >= 15 is 0 Å². The van der Waals surface area contributed by atoms with Crippen LogP contribution in [-0.4, -0.2) is 165 Å². The fourth-order valence-corrected chi connectivity index (χ4v) is 8.09. The topological polar surface area (TPSA) is 295 Å². The third-order valence-electron chi connectivity index (χ3n) is 11.7. The molecule has 3 aliphatic heterocycles. The lowest BCUT2D eigenvalue weighted by Crippen LogP contribution is -2.56. The van der Waals surface area contributed by atoms with Gasteiger partial charge in [-0.05, 0) is 69.8 Å². The van der Waals surface area contributed by atoms with E-state index in [-0.39, 0.29) is 55.7 Å². The number of aliphatic imine (C=N–C) groups is 1. The number of anilines is 3. The maximum absolute atomic E-state index is 13.9. The van der Waals surface area contributed by atoms with Crippen molar-refractivity contribution in [1.29, 1.82) is 0 Å². The lowest BCUT2D eigenvalue weighted by molar-refractivity contribution is -0.136. The van der Waals surface area contributed by atoms with Gasteiger partial charge in [-0.1, -0.05) is 24.3 Å². The maximum Gasteiger partial charge on any atom is 0.257 e. The number of carbonyl (C=O) groups is 7. The van der Waals surface area contributed by atoms with E-state index in [1.165, 1.54) is 13.8 Å². The molecule has 0 bridgehead atoms. The largest absolute Gasteiger partial charge is 0.370 e. The summed E-state index contributed by atoms with van der Waals surface area (Å²) in [5, 5.41) is 16.8. The second-order valence-electron chi connectivity index (χ2n) is 16.6. The van der Waals surface area contributed by atoms with Crippen LogP contribution in [0.3, 0.4) is 0 Å². The number of hydrogen-bond acceptors (Lipinski definition) is 13. The second kappa shape index (κ2) is 24.9. The number of piperidine rings is 1. The van der Waals surface area contributed by atoms with Gasteiger partial charge < -0.3 is 48.7 Å². The Kier molecular flexibility index (Phi) is 19.2. The second-order valence-corrected chi connectivity index (χ2v) is 16.6. The number of likely N-dealkylation sites (tertiary alicyclic amines) is 1. The predicted octanol–water partition coefficient (Wildman–Crippen LogP) is -1.48. The Morgan fingerprint density at radius 2 is 1.46 bits per heavy atom. The van der Waals surface area contributed by atoms with Crippen LogP contribution in [0.4, 0.5) is 17.1 Å². The number of nitrogens with zero attached hydrogens (tertiary/aromatic N) is 5. The molecular weight excluding hydrogens is 837 g/mol. The third-order valence-corrected chi connectivity index (χ3v) is 11.7. The number of para-hydroxylation sites is 3. The molecule has 7 amide bonds. The van der Waals surface area contributed by atoms with E-state index in [1.54, 1.807) is 29.2 Å². The lowest BCUT2D eigenvalue weighted by Gasteiger charge is -2.35. The summed E-state index contributed by atoms with van der Waals surface area (Å²) in [6.45, 7) is 9.57. The number of nitrogens with one attached hydrogen (secondary N) is 6. The molecule has 0 spiro atoms. The van der Waals surface area contributed by atoms with Gasteiger partial charge in [0.25, 0.3) is 5.91 Å². The highest BCUT2D eigenvalue weighted by Gasteiger charge is 2.32. The van der Waals surface area contributed by atoms with Crippen molar-refractivity contribution in [2.24, 2.45) is 22.2 Å². The minimum atomic E-state index is -1.06. The Hall–Kier alpha value is -6.00. The zero-order chi connectivity index (χ0) is 46.9. The molecule has 3 aliphatic rings. The number of carbonyl (C=O) groups excluding carboxylic acids is 7. The molecule has 5 rings (SSSR count). The number of fused-ring (bicyclic) bond motifs is 2. The first-order chi connectivity index (χ1) is 31.2. The molecule has 2 saturated heterocycles. The molecule has 354 valence electrons. The first-order valence-corrected chi connectivity index (χ1v) is 22.4. The number of guanidine groups is 1. The van der Waals surface area contributed by atoms with Crippen molar-refractivity contribution < 1.29 is 33.6 Å². The third kappa shape index (κ3) is 15.3. The number of imide groups is 1. The van der Waals surface area contributed by atoms with Crippen LogP contribution in [-0.2, 0) is 28.8 Å². The SMILES string of the molecule is CC(=O)N[C@@H](CCCN)C(=O)NC(=O)[C@H](C)NC(=O)[C@H](CCN=C(N)N)NCCN1CCN(CCC(=O)NC2CCN(CC(=O)N3c4ccccc4NC(=O)c4ccccc43)CC2)CC1. The summed E-state index contributed by atoms with van der Waals surface area (Å²) in [4.78, 5) is 103. The van der Waals surface area contributed by atoms with Crippen LogP contribution in [0.5, 0.6) is 0 Å². The van der Waals surface area contributed by atoms with Crippen LogP contribution in [0, 0.1) is 0 Å². The smallest absolute Gasteiger partial charge is 0.257 e. The van der Waals surface area contributed by atoms with E-state index in [1.807, 2.05) is 24.3 Å². The van der Waals surface area contributed by atoms with Crippen LogP contribution in [0.25, 0.3) is 0 Å². The van der Waals surface area contributed by atoms with Gasteiger partial charge in [0, 0.05) is 84.8 Å². The number of amides is 7. The highest BCUT2D eigenvalue weighted by molar-refractivity contribution is 6.18. The Balaban J connectivity index is 0.993. The van der Waals surface area contributed by atoms with Crippen molar-refractivity contribution in [1.82, 2.24) is 41.3 Å². The summed E-state index contributed by atoms with van der Waals surface area (Å²) in [6, 6.07) is 11.7. The summed E-state index contributed by atoms with van der Waals surface area (Å²) in [6.07, 6.45) is 2.80. The molecule has 0 radical (unpaired) electrons. The standard InChI is InChI=1S/C44H66N14O7/c1-29(40(62)54-43(65)35(10-7-17-45)51-30(2)59)50-42(64)34(13-18-49-44(46)47)48-19-23-56-26-24-55(25-27-56)22-16-38(60)52-31-14-20-57(21-15-31)28-39(61)58-36-11-5-3-8-32(36)41(63)53-33-9-4-6-12-37(33)58/h3-6,8-9,11-12,29,31,34-35,48H,7,10,13-28,45H2,1-2H3,(H,50,64)(H,51,59)(H,52,60)(H,53,63)(H4,46,47,49)(H,54,62,65)/t29-,34-,35-/m0/s1. The normalized spacial score (nSPS) is 17.2. The van der Waals surface area contributed by atoms with Gasteiger partial charge in [-0.25, -0.2) is 0 Å². The lowest BCUT2D eigenvalue weighted by atomic mass is 10.0. The van der Waals surface area contributed by atoms with Crippen LogP contribution >= 0.6 is 0 Å². The minimum Gasteiger partial charge on any atom is -0.370 e. The van der Waals surface area contributed by atoms with E-state index in [2.05, 4.69) is 51.6 Å². The highest BCUT2D eigenvalue weighted by Crippen LogP contribution is 2.37. The summed E-state index contributed by atoms with van der Waals surface area (Å²) in [7, 11) is 0. The Bertz CT molecular complexity index is 2010. The van der Waals surface area contributed by atoms with Crippen LogP contribution < -0.4 is 54.0 Å². The van der Waals surface area contributed by atoms with Crippen molar-refractivity contribution in [3.05, 3.63) is 54.1 Å². The first-order valence-electron chi connectivity index (χ1n) is 22.4. The Labute approximate surface area is 380 Å². The summed E-state index contributed by atoms with van der Waals surface area (Å²) in [5.41, 5.74) is 18.7. The fourth-order valence-electron chi connectivity index (χ4n) is 8.09. The molecule has 65 heavy (non-hydrogen) atoms. The number of benzene rings is 2. The first kappa shape index (κ1) is 50.0. The zero-order valence-electron chi connectivity index (χ0n) is 37.5. The van der Waals surface area contributed by atoms with Gasteiger partial charge in [0.05, 0.1) is 35.2 Å². The number of nitrogens with two attached hydrogens (primary N) is 3. The monoisotopic (exact) mass is 903 g/mol. The average molecular weight is 903 g/mol. The van der Waals surface area contributed by atoms with Gasteiger partial charge >= 0.3 is 0 Å². The van der Waals surface area contributed by atoms with E-state index in [0.717, 1.165) is 39.0 Å². The van der Waals surface area contributed by atoms with E-state index < -0.39 is 41.8 Å². The van der Waals surface area contributed by atoms with E-state index in [4.69, 9.17) is 17.2 Å². The van der Waals surface area contributed by atoms with Crippen molar-refractivity contribution in [2.45, 2.75) is 76.5 Å². The number of rotatable bonds is 21. The van der Waals surface area contributed by atoms with Gasteiger partial charge in [0.1, 0.15) is 12.1 Å². The molecule has 2 fully saturated rings. The summed E-state index contributed by atoms with van der Waals surface area (Å²) >= 11 is 0. The maximum atomic E-state index is 13.9. The molecule has 0 saturated carbocycles. The number of hydrogen-bond donors (Lipinski definition) is 9. The van der Waals surface area contributed by atoms with E-state index in [9.17, 15) is 33.6 Å². The van der Waals surface area contributed by atoms with Gasteiger partial charge in [0.15, 0.2) is 5.96 Å². The molecule has 0 aromatic heterocycles. The highest BCUT2D eigenvalue weighted by atomic mass is 16.2. The predicted molar refractivity (Wildman–Crippen MR) is 247 cm³/mol. The molecular formula is C44H66N14O7. The fraction of sp³-hybridized carbons (Fsp3) is 0.545. The van der Waals surface area contributed by atoms with Crippen molar-refractivity contribution in [3.63, 3.8) is 0 Å². The van der Waals surface area contributed by atoms with Gasteiger partial charge in [-0.2, -0.15) is 0 Å². The number of piperazine rings is 1. The molecule has 3 heterocycles. The van der Waals surface area contributed by atoms with Crippen molar-refractivity contribution >= 4 is 64.4 Å². The van der Waals surface area contributed by atoms with Gasteiger partial charge in [-0.3, -0.25) is 58.6 Å². The molecule has 12 N–H and O–H groups in total. The van der Waals surface area contributed by atoms with Crippen molar-refractivity contribution in [3.8, 4) is 0 Å². The molecule has 3 atom stereocenters. The van der Waals surface area contributed by atoms with E-state index in [0.29, 0.717) is 74.7 Å². The van der Waals surface area contributed by atoms with Crippen molar-refractivity contribution in [2.75, 3.05) is 88.8 Å². The Morgan fingerprint density at radius 3 is 2.14 bits per heavy atom. The molecule has 21 heteroatoms. The zero-order valence-corrected chi connectivity index (χ0v) is 37.5. The van der Waals surface area contributed by atoms with Gasteiger partial charge in [-0.15, -0.1) is 0 Å². The molecule has 2 aromatic carbocycles. The molecule has 21 nitrogen and oxygen atoms in total. The molecule has 0 unspecified atom stereocenters. The summed E-state index contributed by atoms with van der Waals surface area (Å²) < 4.78 is 0. The van der Waals surface area contributed by atoms with Gasteiger partial charge in [0.2, 0.25) is 35.4 Å². The minimum absolute atomic E-state index is 0.00115. The van der Waals surface area contributed by atoms with Crippen LogP contribution in [0.15, 0.2) is 53.5 Å². The van der Waals surface area contributed by atoms with Crippen LogP contribution in [0.1, 0.15) is 62.7 Å². The average Bonchev–Trinajstić information content (AvgIpc) is 3.40. The Morgan fingerprint density at radius 1 is 0.800 bits per heavy atom.